The predicted octanol–water partition coefficient (Wildman–Crippen LogP) is -1.25. The summed E-state index contributed by atoms with van der Waals surface area (Å²) in [5.41, 5.74) is 16.0. The van der Waals surface area contributed by atoms with Crippen LogP contribution in [0.4, 0.5) is 0 Å². The van der Waals surface area contributed by atoms with Gasteiger partial charge < -0.3 is 27.0 Å². The van der Waals surface area contributed by atoms with Gasteiger partial charge >= 0.3 is 11.9 Å². The molecule has 0 amide bonds. The van der Waals surface area contributed by atoms with Gasteiger partial charge in [-0.25, -0.2) is 0 Å². The molecule has 0 spiro atoms. The van der Waals surface area contributed by atoms with E-state index in [9.17, 15) is 9.59 Å². The van der Waals surface area contributed by atoms with Crippen molar-refractivity contribution in [1.29, 1.82) is 0 Å². The summed E-state index contributed by atoms with van der Waals surface area (Å²) in [6.07, 6.45) is 0.626. The zero-order chi connectivity index (χ0) is 12.6. The molecule has 0 saturated carbocycles. The maximum Gasteiger partial charge on any atom is 0.322 e. The topological polar surface area (TPSA) is 142 Å². The Balaban J connectivity index is 3.59. The Labute approximate surface area is 93.9 Å². The van der Waals surface area contributed by atoms with Crippen molar-refractivity contribution in [3.05, 3.63) is 0 Å². The Morgan fingerprint density at radius 3 is 2.31 bits per heavy atom. The summed E-state index contributed by atoms with van der Waals surface area (Å²) in [5.74, 6) is -1.58. The molecule has 0 fully saturated rings. The molecule has 7 heteroatoms. The van der Waals surface area contributed by atoms with E-state index in [-0.39, 0.29) is 19.4 Å². The van der Waals surface area contributed by atoms with Gasteiger partial charge in [-0.3, -0.25) is 9.59 Å². The minimum atomic E-state index is -0.989. The van der Waals surface area contributed by atoms with Crippen LogP contribution in [0.1, 0.15) is 25.7 Å². The van der Waals surface area contributed by atoms with E-state index in [4.69, 9.17) is 27.0 Å². The summed E-state index contributed by atoms with van der Waals surface area (Å²) >= 11 is 0. The van der Waals surface area contributed by atoms with Gasteiger partial charge in [-0.1, -0.05) is 0 Å². The van der Waals surface area contributed by atoms with Gasteiger partial charge in [0.25, 0.3) is 0 Å². The highest BCUT2D eigenvalue weighted by Crippen LogP contribution is 1.99. The number of carboxylic acids is 1. The van der Waals surface area contributed by atoms with Crippen molar-refractivity contribution in [3.8, 4) is 0 Å². The van der Waals surface area contributed by atoms with E-state index in [1.165, 1.54) is 0 Å². The normalized spacial score (nSPS) is 12.5. The monoisotopic (exact) mass is 233 g/mol. The Morgan fingerprint density at radius 2 is 1.81 bits per heavy atom. The second-order valence-corrected chi connectivity index (χ2v) is 3.51. The smallest absolute Gasteiger partial charge is 0.322 e. The quantitative estimate of drug-likeness (QED) is 0.233. The van der Waals surface area contributed by atoms with E-state index in [1.807, 2.05) is 0 Å². The highest BCUT2D eigenvalue weighted by atomic mass is 16.5. The molecule has 0 unspecified atom stereocenters. The van der Waals surface area contributed by atoms with Crippen LogP contribution in [-0.2, 0) is 14.3 Å². The van der Waals surface area contributed by atoms with Crippen molar-refractivity contribution in [2.24, 2.45) is 17.2 Å². The Hall–Kier alpha value is -1.18. The second kappa shape index (κ2) is 8.03. The van der Waals surface area contributed by atoms with Crippen molar-refractivity contribution >= 4 is 11.9 Å². The first-order valence-corrected chi connectivity index (χ1v) is 5.08. The molecule has 7 N–H and O–H groups in total. The lowest BCUT2D eigenvalue weighted by molar-refractivity contribution is -0.145. The van der Waals surface area contributed by atoms with Gasteiger partial charge in [0, 0.05) is 6.42 Å². The third-order valence-electron chi connectivity index (χ3n) is 1.90. The third-order valence-corrected chi connectivity index (χ3v) is 1.90. The number of aliphatic carboxylic acids is 1. The molecule has 94 valence electrons. The molecule has 0 aliphatic carbocycles. The van der Waals surface area contributed by atoms with Crippen LogP contribution in [0, 0.1) is 0 Å². The fraction of sp³-hybridized carbons (Fsp3) is 0.778. The largest absolute Gasteiger partial charge is 0.481 e. The summed E-state index contributed by atoms with van der Waals surface area (Å²) in [6.45, 7) is 0.199. The van der Waals surface area contributed by atoms with Crippen LogP contribution < -0.4 is 17.2 Å². The van der Waals surface area contributed by atoms with Crippen LogP contribution in [0.3, 0.4) is 0 Å². The van der Waals surface area contributed by atoms with Crippen LogP contribution in [0.25, 0.3) is 0 Å². The molecule has 0 bridgehead atoms. The Morgan fingerprint density at radius 1 is 1.19 bits per heavy atom. The van der Waals surface area contributed by atoms with Crippen molar-refractivity contribution in [2.45, 2.75) is 37.9 Å². The number of carboxylic acid groups (broad SMARTS) is 1. The molecule has 16 heavy (non-hydrogen) atoms. The zero-order valence-corrected chi connectivity index (χ0v) is 9.09. The number of carbonyl (C=O) groups is 2. The third kappa shape index (κ3) is 8.16. The predicted molar refractivity (Wildman–Crippen MR) is 57.2 cm³/mol. The summed E-state index contributed by atoms with van der Waals surface area (Å²) in [6, 6.07) is -0.886. The van der Waals surface area contributed by atoms with E-state index >= 15 is 0 Å². The van der Waals surface area contributed by atoms with Gasteiger partial charge in [0.05, 0.1) is 12.8 Å². The van der Waals surface area contributed by atoms with Crippen molar-refractivity contribution in [1.82, 2.24) is 0 Å². The van der Waals surface area contributed by atoms with Crippen molar-refractivity contribution in [2.75, 3.05) is 6.61 Å². The van der Waals surface area contributed by atoms with Crippen LogP contribution in [0.15, 0.2) is 0 Å². The minimum Gasteiger partial charge on any atom is -0.481 e. The van der Waals surface area contributed by atoms with E-state index in [0.717, 1.165) is 0 Å². The highest BCUT2D eigenvalue weighted by Gasteiger charge is 2.15. The summed E-state index contributed by atoms with van der Waals surface area (Å²) < 4.78 is 4.82. The number of hydrogen-bond acceptors (Lipinski definition) is 6. The van der Waals surface area contributed by atoms with Gasteiger partial charge in [-0.15, -0.1) is 0 Å². The highest BCUT2D eigenvalue weighted by molar-refractivity contribution is 5.76. The standard InChI is InChI=1S/C9H19N3O4/c10-6(3-4-8(13)14)9(15)16-5-1-2-7(11)12/h6-7H,1-5,10-12H2,(H,13,14)/t6-/m0/s1. The maximum atomic E-state index is 11.2. The first-order valence-electron chi connectivity index (χ1n) is 5.08. The average molecular weight is 233 g/mol. The van der Waals surface area contributed by atoms with Crippen LogP contribution in [-0.4, -0.2) is 35.9 Å². The molecule has 0 radical (unpaired) electrons. The molecule has 0 aromatic heterocycles. The fourth-order valence-corrected chi connectivity index (χ4v) is 0.996. The Bertz CT molecular complexity index is 233. The summed E-state index contributed by atoms with van der Waals surface area (Å²) in [5, 5.41) is 8.38. The molecule has 0 rings (SSSR count). The number of carbonyl (C=O) groups excluding carboxylic acids is 1. The lowest BCUT2D eigenvalue weighted by atomic mass is 10.2. The molecule has 0 aromatic carbocycles. The number of esters is 1. The summed E-state index contributed by atoms with van der Waals surface area (Å²) in [7, 11) is 0. The SMILES string of the molecule is NC(N)CCCOC(=O)[C@@H](N)CCC(=O)O. The van der Waals surface area contributed by atoms with Gasteiger partial charge in [-0.2, -0.15) is 0 Å². The number of hydrogen-bond donors (Lipinski definition) is 4. The molecule has 7 nitrogen and oxygen atoms in total. The minimum absolute atomic E-state index is 0.0740. The lowest BCUT2D eigenvalue weighted by Gasteiger charge is -2.10. The molecule has 0 aliphatic heterocycles. The average Bonchev–Trinajstić information content (AvgIpc) is 2.20. The van der Waals surface area contributed by atoms with Gasteiger partial charge in [0.2, 0.25) is 0 Å². The van der Waals surface area contributed by atoms with E-state index < -0.39 is 24.1 Å². The van der Waals surface area contributed by atoms with Gasteiger partial charge in [-0.05, 0) is 19.3 Å². The number of ether oxygens (including phenoxy) is 1. The van der Waals surface area contributed by atoms with Crippen LogP contribution in [0.2, 0.25) is 0 Å². The van der Waals surface area contributed by atoms with Crippen LogP contribution in [0.5, 0.6) is 0 Å². The first-order chi connectivity index (χ1) is 7.43. The second-order valence-electron chi connectivity index (χ2n) is 3.51. The molecule has 0 heterocycles. The van der Waals surface area contributed by atoms with E-state index in [0.29, 0.717) is 12.8 Å². The molecule has 0 aromatic rings. The zero-order valence-electron chi connectivity index (χ0n) is 9.09. The summed E-state index contributed by atoms with van der Waals surface area (Å²) in [4.78, 5) is 21.4. The van der Waals surface area contributed by atoms with Gasteiger partial charge in [0.1, 0.15) is 6.04 Å². The van der Waals surface area contributed by atoms with Gasteiger partial charge in [0.15, 0.2) is 0 Å². The molecule has 0 saturated heterocycles. The number of nitrogens with two attached hydrogens (primary N) is 3. The van der Waals surface area contributed by atoms with Crippen molar-refractivity contribution < 1.29 is 19.4 Å². The molecule has 1 atom stereocenters. The van der Waals surface area contributed by atoms with Crippen LogP contribution >= 0.6 is 0 Å². The fourth-order valence-electron chi connectivity index (χ4n) is 0.996. The molecular formula is C9H19N3O4. The maximum absolute atomic E-state index is 11.2. The van der Waals surface area contributed by atoms with Crippen molar-refractivity contribution in [3.63, 3.8) is 0 Å². The Kier molecular flexibility index (Phi) is 7.44. The number of rotatable bonds is 8. The first kappa shape index (κ1) is 14.8. The molecular weight excluding hydrogens is 214 g/mol. The van der Waals surface area contributed by atoms with E-state index in [2.05, 4.69) is 0 Å². The van der Waals surface area contributed by atoms with E-state index in [1.54, 1.807) is 0 Å². The lowest BCUT2D eigenvalue weighted by Crippen LogP contribution is -2.34. The molecule has 0 aliphatic rings.